The van der Waals surface area contributed by atoms with Crippen LogP contribution in [0.5, 0.6) is 11.5 Å². The van der Waals surface area contributed by atoms with Crippen LogP contribution in [0.15, 0.2) is 18.2 Å². The Bertz CT molecular complexity index is 535. The highest BCUT2D eigenvalue weighted by molar-refractivity contribution is 5.45. The minimum atomic E-state index is -0.523. The zero-order valence-corrected chi connectivity index (χ0v) is 14.0. The molecule has 1 aromatic rings. The van der Waals surface area contributed by atoms with Crippen molar-refractivity contribution in [3.05, 3.63) is 23.8 Å². The van der Waals surface area contributed by atoms with Crippen LogP contribution in [0.2, 0.25) is 0 Å². The number of fused-ring (bicyclic) bond motifs is 1. The quantitative estimate of drug-likeness (QED) is 0.931. The number of rotatable bonds is 3. The number of hydrogen-bond donors (Lipinski definition) is 1. The Morgan fingerprint density at radius 1 is 1.27 bits per heavy atom. The Hall–Kier alpha value is -1.26. The number of aliphatic hydroxyl groups excluding tert-OH is 1. The molecule has 4 nitrogen and oxygen atoms in total. The van der Waals surface area contributed by atoms with E-state index in [1.807, 2.05) is 32.0 Å². The number of nitrogens with zero attached hydrogens (tertiary/aromatic N) is 1. The van der Waals surface area contributed by atoms with Gasteiger partial charge in [0.2, 0.25) is 0 Å². The van der Waals surface area contributed by atoms with E-state index in [-0.39, 0.29) is 12.1 Å². The van der Waals surface area contributed by atoms with Crippen LogP contribution in [0, 0.1) is 0 Å². The molecule has 1 aromatic carbocycles. The second-order valence-electron chi connectivity index (χ2n) is 7.20. The molecule has 2 heterocycles. The summed E-state index contributed by atoms with van der Waals surface area (Å²) in [6, 6.07) is 5.76. The Kier molecular flexibility index (Phi) is 4.08. The summed E-state index contributed by atoms with van der Waals surface area (Å²) >= 11 is 0. The lowest BCUT2D eigenvalue weighted by atomic mass is 9.85. The highest BCUT2D eigenvalue weighted by atomic mass is 16.5. The first-order valence-corrected chi connectivity index (χ1v) is 8.30. The van der Waals surface area contributed by atoms with E-state index < -0.39 is 11.7 Å². The van der Waals surface area contributed by atoms with Crippen molar-refractivity contribution in [2.24, 2.45) is 0 Å². The monoisotopic (exact) mass is 305 g/mol. The topological polar surface area (TPSA) is 41.9 Å². The van der Waals surface area contributed by atoms with Crippen molar-refractivity contribution in [3.63, 3.8) is 0 Å². The van der Waals surface area contributed by atoms with E-state index in [2.05, 4.69) is 18.7 Å². The molecule has 0 bridgehead atoms. The van der Waals surface area contributed by atoms with Gasteiger partial charge in [-0.3, -0.25) is 4.90 Å². The van der Waals surface area contributed by atoms with E-state index in [1.165, 1.54) is 12.8 Å². The molecule has 0 spiro atoms. The summed E-state index contributed by atoms with van der Waals surface area (Å²) in [5, 5.41) is 10.9. The highest BCUT2D eigenvalue weighted by Crippen LogP contribution is 2.44. The Labute approximate surface area is 133 Å². The van der Waals surface area contributed by atoms with Crippen LogP contribution >= 0.6 is 0 Å². The molecule has 2 unspecified atom stereocenters. The Balaban J connectivity index is 1.92. The lowest BCUT2D eigenvalue weighted by Crippen LogP contribution is -2.57. The zero-order valence-electron chi connectivity index (χ0n) is 14.0. The Morgan fingerprint density at radius 3 is 2.59 bits per heavy atom. The Morgan fingerprint density at radius 2 is 1.95 bits per heavy atom. The number of benzene rings is 1. The minimum absolute atomic E-state index is 0.000586. The van der Waals surface area contributed by atoms with E-state index in [0.717, 1.165) is 30.2 Å². The zero-order chi connectivity index (χ0) is 15.9. The highest BCUT2D eigenvalue weighted by Gasteiger charge is 2.46. The van der Waals surface area contributed by atoms with Crippen LogP contribution in [0.3, 0.4) is 0 Å². The molecule has 2 atom stereocenters. The summed E-state index contributed by atoms with van der Waals surface area (Å²) in [6.45, 7) is 10.2. The molecule has 0 aliphatic carbocycles. The smallest absolute Gasteiger partial charge is 0.129 e. The van der Waals surface area contributed by atoms with Gasteiger partial charge in [-0.1, -0.05) is 0 Å². The van der Waals surface area contributed by atoms with Crippen molar-refractivity contribution in [2.75, 3.05) is 13.1 Å². The number of ether oxygens (including phenoxy) is 2. The number of aliphatic hydroxyl groups is 1. The normalized spacial score (nSPS) is 27.5. The summed E-state index contributed by atoms with van der Waals surface area (Å²) < 4.78 is 12.0. The molecule has 1 N–H and O–H groups in total. The summed E-state index contributed by atoms with van der Waals surface area (Å²) in [7, 11) is 0. The molecule has 0 aromatic heterocycles. The molecule has 122 valence electrons. The van der Waals surface area contributed by atoms with Crippen molar-refractivity contribution in [1.29, 1.82) is 0 Å². The second kappa shape index (κ2) is 5.74. The largest absolute Gasteiger partial charge is 0.491 e. The maximum Gasteiger partial charge on any atom is 0.129 e. The molecule has 0 radical (unpaired) electrons. The van der Waals surface area contributed by atoms with Crippen LogP contribution in [0.25, 0.3) is 0 Å². The van der Waals surface area contributed by atoms with Crippen LogP contribution in [-0.4, -0.2) is 40.8 Å². The van der Waals surface area contributed by atoms with Crippen LogP contribution in [0.1, 0.15) is 52.2 Å². The molecular weight excluding hydrogens is 278 g/mol. The molecule has 2 aliphatic rings. The molecular formula is C18H27NO3. The maximum atomic E-state index is 10.9. The van der Waals surface area contributed by atoms with Crippen molar-refractivity contribution in [1.82, 2.24) is 4.90 Å². The van der Waals surface area contributed by atoms with Crippen molar-refractivity contribution >= 4 is 0 Å². The summed E-state index contributed by atoms with van der Waals surface area (Å²) in [4.78, 5) is 2.37. The second-order valence-corrected chi connectivity index (χ2v) is 7.20. The van der Waals surface area contributed by atoms with Gasteiger partial charge in [-0.15, -0.1) is 0 Å². The van der Waals surface area contributed by atoms with Gasteiger partial charge in [0.05, 0.1) is 12.1 Å². The number of hydrogen-bond acceptors (Lipinski definition) is 4. The van der Waals surface area contributed by atoms with Gasteiger partial charge in [0.25, 0.3) is 0 Å². The lowest BCUT2D eigenvalue weighted by Gasteiger charge is -2.47. The first-order chi connectivity index (χ1) is 10.4. The minimum Gasteiger partial charge on any atom is -0.491 e. The van der Waals surface area contributed by atoms with Crippen molar-refractivity contribution in [2.45, 2.75) is 64.4 Å². The fourth-order valence-electron chi connectivity index (χ4n) is 3.75. The predicted octanol–water partition coefficient (Wildman–Crippen LogP) is 3.14. The third kappa shape index (κ3) is 2.82. The van der Waals surface area contributed by atoms with Gasteiger partial charge in [0, 0.05) is 11.6 Å². The fourth-order valence-corrected chi connectivity index (χ4v) is 3.75. The van der Waals surface area contributed by atoms with Gasteiger partial charge in [-0.25, -0.2) is 0 Å². The van der Waals surface area contributed by atoms with Gasteiger partial charge in [0.15, 0.2) is 0 Å². The van der Waals surface area contributed by atoms with Crippen LogP contribution in [-0.2, 0) is 0 Å². The molecule has 0 amide bonds. The van der Waals surface area contributed by atoms with E-state index in [1.54, 1.807) is 0 Å². The molecule has 0 saturated carbocycles. The summed E-state index contributed by atoms with van der Waals surface area (Å²) in [6.07, 6.45) is 2.00. The van der Waals surface area contributed by atoms with Gasteiger partial charge in [-0.2, -0.15) is 0 Å². The van der Waals surface area contributed by atoms with Crippen molar-refractivity contribution < 1.29 is 14.6 Å². The van der Waals surface area contributed by atoms with Gasteiger partial charge in [0.1, 0.15) is 23.2 Å². The molecule has 4 heteroatoms. The molecule has 22 heavy (non-hydrogen) atoms. The SMILES string of the molecule is CC(C)Oc1ccc2c(c1)OC(C)(C)C(N1CCCC1)C2O. The first kappa shape index (κ1) is 15.6. The fraction of sp³-hybridized carbons (Fsp3) is 0.667. The third-order valence-electron chi connectivity index (χ3n) is 4.59. The number of likely N-dealkylation sites (tertiary alicyclic amines) is 1. The predicted molar refractivity (Wildman–Crippen MR) is 86.5 cm³/mol. The maximum absolute atomic E-state index is 10.9. The van der Waals surface area contributed by atoms with Gasteiger partial charge in [-0.05, 0) is 65.8 Å². The third-order valence-corrected chi connectivity index (χ3v) is 4.59. The van der Waals surface area contributed by atoms with Gasteiger partial charge >= 0.3 is 0 Å². The van der Waals surface area contributed by atoms with E-state index >= 15 is 0 Å². The van der Waals surface area contributed by atoms with Crippen molar-refractivity contribution in [3.8, 4) is 11.5 Å². The lowest BCUT2D eigenvalue weighted by molar-refractivity contribution is -0.0758. The standard InChI is InChI=1S/C18H27NO3/c1-12(2)21-13-7-8-14-15(11-13)22-18(3,4)17(16(14)20)19-9-5-6-10-19/h7-8,11-12,16-17,20H,5-6,9-10H2,1-4H3. The average Bonchev–Trinajstić information content (AvgIpc) is 2.90. The molecule has 1 saturated heterocycles. The summed E-state index contributed by atoms with van der Waals surface area (Å²) in [5.74, 6) is 1.53. The van der Waals surface area contributed by atoms with Crippen LogP contribution in [0.4, 0.5) is 0 Å². The molecule has 1 fully saturated rings. The van der Waals surface area contributed by atoms with E-state index in [4.69, 9.17) is 9.47 Å². The average molecular weight is 305 g/mol. The van der Waals surface area contributed by atoms with Gasteiger partial charge < -0.3 is 14.6 Å². The summed E-state index contributed by atoms with van der Waals surface area (Å²) in [5.41, 5.74) is 0.444. The first-order valence-electron chi connectivity index (χ1n) is 8.30. The molecule has 2 aliphatic heterocycles. The van der Waals surface area contributed by atoms with Crippen LogP contribution < -0.4 is 9.47 Å². The van der Waals surface area contributed by atoms with E-state index in [0.29, 0.717) is 0 Å². The molecule has 3 rings (SSSR count). The van der Waals surface area contributed by atoms with E-state index in [9.17, 15) is 5.11 Å².